The third-order valence-electron chi connectivity index (χ3n) is 3.70. The van der Waals surface area contributed by atoms with Gasteiger partial charge in [0.2, 0.25) is 0 Å². The van der Waals surface area contributed by atoms with Crippen LogP contribution in [-0.2, 0) is 0 Å². The minimum atomic E-state index is 0.459. The molecule has 1 saturated heterocycles. The fourth-order valence-electron chi connectivity index (χ4n) is 2.36. The van der Waals surface area contributed by atoms with Crippen molar-refractivity contribution in [3.63, 3.8) is 0 Å². The first kappa shape index (κ1) is 17.0. The maximum atomic E-state index is 4.38. The minimum absolute atomic E-state index is 0.459. The van der Waals surface area contributed by atoms with Crippen LogP contribution in [0.1, 0.15) is 41.0 Å². The molecule has 0 aliphatic carbocycles. The highest BCUT2D eigenvalue weighted by Crippen LogP contribution is 2.29. The van der Waals surface area contributed by atoms with Crippen LogP contribution in [0.25, 0.3) is 0 Å². The topological polar surface area (TPSA) is 28.0 Å². The molecule has 0 aromatic heterocycles. The predicted octanol–water partition coefficient (Wildman–Crippen LogP) is 3.62. The number of hydrogen-bond donors (Lipinski definition) is 0. The number of aliphatic imine (C=N–C) groups is 2. The van der Waals surface area contributed by atoms with Crippen LogP contribution in [-0.4, -0.2) is 36.6 Å². The molecule has 0 spiro atoms. The number of hydrogen-bond acceptors (Lipinski definition) is 2. The second-order valence-corrected chi connectivity index (χ2v) is 4.53. The minimum Gasteiger partial charge on any atom is -0.303 e. The summed E-state index contributed by atoms with van der Waals surface area (Å²) in [5, 5.41) is 0. The first-order chi connectivity index (χ1) is 8.61. The zero-order valence-electron chi connectivity index (χ0n) is 12.8. The molecule has 1 rings (SSSR count). The van der Waals surface area contributed by atoms with Gasteiger partial charge in [-0.05, 0) is 39.8 Å². The number of likely N-dealkylation sites (tertiary alicyclic amines) is 1. The van der Waals surface area contributed by atoms with Crippen molar-refractivity contribution in [2.75, 3.05) is 13.6 Å². The van der Waals surface area contributed by atoms with Crippen molar-refractivity contribution in [1.82, 2.24) is 4.90 Å². The molecule has 1 aliphatic rings. The largest absolute Gasteiger partial charge is 0.303 e. The molecule has 3 nitrogen and oxygen atoms in total. The van der Waals surface area contributed by atoms with E-state index in [9.17, 15) is 0 Å². The normalized spacial score (nSPS) is 29.9. The van der Waals surface area contributed by atoms with Crippen molar-refractivity contribution >= 4 is 12.1 Å². The Morgan fingerprint density at radius 2 is 1.94 bits per heavy atom. The lowest BCUT2D eigenvalue weighted by Gasteiger charge is -2.40. The summed E-state index contributed by atoms with van der Waals surface area (Å²) in [7, 11) is 2.19. The van der Waals surface area contributed by atoms with Gasteiger partial charge in [0.25, 0.3) is 0 Å². The van der Waals surface area contributed by atoms with Gasteiger partial charge in [0.1, 0.15) is 5.84 Å². The average Bonchev–Trinajstić information content (AvgIpc) is 2.39. The monoisotopic (exact) mass is 251 g/mol. The molecular formula is C15H29N3. The SMILES string of the molecule is C=CN=C(N=CC)C1CCN(C)C(C)C1C.CC. The van der Waals surface area contributed by atoms with Crippen LogP contribution in [0.2, 0.25) is 0 Å². The van der Waals surface area contributed by atoms with Crippen LogP contribution in [0.3, 0.4) is 0 Å². The Balaban J connectivity index is 0.00000137. The fraction of sp³-hybridized carbons (Fsp3) is 0.733. The summed E-state index contributed by atoms with van der Waals surface area (Å²) in [6.07, 6.45) is 4.54. The molecule has 1 fully saturated rings. The quantitative estimate of drug-likeness (QED) is 0.544. The molecule has 18 heavy (non-hydrogen) atoms. The van der Waals surface area contributed by atoms with E-state index in [4.69, 9.17) is 0 Å². The second kappa shape index (κ2) is 9.03. The van der Waals surface area contributed by atoms with Gasteiger partial charge in [0.05, 0.1) is 0 Å². The van der Waals surface area contributed by atoms with Crippen molar-refractivity contribution < 1.29 is 0 Å². The van der Waals surface area contributed by atoms with Gasteiger partial charge in [0.15, 0.2) is 0 Å². The molecule has 0 bridgehead atoms. The van der Waals surface area contributed by atoms with Gasteiger partial charge in [-0.3, -0.25) is 0 Å². The van der Waals surface area contributed by atoms with E-state index >= 15 is 0 Å². The molecule has 0 amide bonds. The molecule has 1 heterocycles. The molecule has 0 N–H and O–H groups in total. The fourth-order valence-corrected chi connectivity index (χ4v) is 2.36. The van der Waals surface area contributed by atoms with E-state index in [1.165, 1.54) is 0 Å². The Hall–Kier alpha value is -0.960. The van der Waals surface area contributed by atoms with Crippen molar-refractivity contribution in [3.8, 4) is 0 Å². The van der Waals surface area contributed by atoms with Crippen LogP contribution in [0.4, 0.5) is 0 Å². The molecular weight excluding hydrogens is 222 g/mol. The Kier molecular flexibility index (Phi) is 8.55. The van der Waals surface area contributed by atoms with Crippen molar-refractivity contribution in [2.24, 2.45) is 21.8 Å². The number of nitrogens with zero attached hydrogens (tertiary/aromatic N) is 3. The van der Waals surface area contributed by atoms with Gasteiger partial charge in [-0.2, -0.15) is 0 Å². The summed E-state index contributed by atoms with van der Waals surface area (Å²) in [5.74, 6) is 1.98. The van der Waals surface area contributed by atoms with Crippen LogP contribution in [0.5, 0.6) is 0 Å². The zero-order chi connectivity index (χ0) is 14.1. The first-order valence-electron chi connectivity index (χ1n) is 6.99. The lowest BCUT2D eigenvalue weighted by atomic mass is 9.81. The first-order valence-corrected chi connectivity index (χ1v) is 6.99. The lowest BCUT2D eigenvalue weighted by Crippen LogP contribution is -2.46. The Morgan fingerprint density at radius 3 is 2.44 bits per heavy atom. The summed E-state index contributed by atoms with van der Waals surface area (Å²) < 4.78 is 0. The van der Waals surface area contributed by atoms with E-state index in [2.05, 4.69) is 42.4 Å². The highest BCUT2D eigenvalue weighted by atomic mass is 15.1. The molecule has 3 atom stereocenters. The molecule has 0 aromatic rings. The van der Waals surface area contributed by atoms with Crippen LogP contribution < -0.4 is 0 Å². The number of rotatable bonds is 2. The van der Waals surface area contributed by atoms with Crippen molar-refractivity contribution in [2.45, 2.75) is 47.1 Å². The summed E-state index contributed by atoms with van der Waals surface area (Å²) in [6.45, 7) is 15.3. The standard InChI is InChI=1S/C13H23N3.C2H6/c1-6-14-13(15-7-2)12-8-9-16(5)11(4)10(12)3;1-2/h6-7,10-12H,1,8-9H2,2-5H3;1-2H3. The van der Waals surface area contributed by atoms with Gasteiger partial charge in [-0.15, -0.1) is 0 Å². The van der Waals surface area contributed by atoms with Gasteiger partial charge in [0, 0.05) is 24.4 Å². The molecule has 3 unspecified atom stereocenters. The molecule has 0 saturated carbocycles. The van der Waals surface area contributed by atoms with E-state index in [-0.39, 0.29) is 0 Å². The van der Waals surface area contributed by atoms with Crippen LogP contribution in [0.15, 0.2) is 22.8 Å². The predicted molar refractivity (Wildman–Crippen MR) is 82.5 cm³/mol. The maximum absolute atomic E-state index is 4.38. The molecule has 0 aromatic carbocycles. The Morgan fingerprint density at radius 1 is 1.33 bits per heavy atom. The highest BCUT2D eigenvalue weighted by Gasteiger charge is 2.33. The van der Waals surface area contributed by atoms with Gasteiger partial charge in [-0.25, -0.2) is 9.98 Å². The van der Waals surface area contributed by atoms with Crippen molar-refractivity contribution in [3.05, 3.63) is 12.8 Å². The van der Waals surface area contributed by atoms with E-state index in [0.29, 0.717) is 17.9 Å². The molecule has 1 aliphatic heterocycles. The Labute approximate surface area is 113 Å². The smallest absolute Gasteiger partial charge is 0.131 e. The van der Waals surface area contributed by atoms with Gasteiger partial charge in [-0.1, -0.05) is 27.4 Å². The van der Waals surface area contributed by atoms with Gasteiger partial charge >= 0.3 is 0 Å². The summed E-state index contributed by atoms with van der Waals surface area (Å²) in [4.78, 5) is 11.1. The van der Waals surface area contributed by atoms with Crippen LogP contribution >= 0.6 is 0 Å². The summed E-state index contributed by atoms with van der Waals surface area (Å²) in [6, 6.07) is 0.584. The van der Waals surface area contributed by atoms with Crippen molar-refractivity contribution in [1.29, 1.82) is 0 Å². The summed E-state index contributed by atoms with van der Waals surface area (Å²) in [5.41, 5.74) is 0. The Bertz CT molecular complexity index is 294. The third-order valence-corrected chi connectivity index (χ3v) is 3.70. The van der Waals surface area contributed by atoms with E-state index in [1.54, 1.807) is 6.20 Å². The summed E-state index contributed by atoms with van der Waals surface area (Å²) >= 11 is 0. The molecule has 3 heteroatoms. The maximum Gasteiger partial charge on any atom is 0.131 e. The van der Waals surface area contributed by atoms with E-state index < -0.39 is 0 Å². The molecule has 0 radical (unpaired) electrons. The lowest BCUT2D eigenvalue weighted by molar-refractivity contribution is 0.119. The highest BCUT2D eigenvalue weighted by molar-refractivity contribution is 5.91. The second-order valence-electron chi connectivity index (χ2n) is 4.53. The number of amidine groups is 1. The number of piperidine rings is 1. The van der Waals surface area contributed by atoms with Crippen LogP contribution in [0, 0.1) is 11.8 Å². The van der Waals surface area contributed by atoms with E-state index in [0.717, 1.165) is 18.8 Å². The van der Waals surface area contributed by atoms with Gasteiger partial charge < -0.3 is 4.90 Å². The van der Waals surface area contributed by atoms with E-state index in [1.807, 2.05) is 27.0 Å². The third kappa shape index (κ3) is 4.37. The zero-order valence-corrected chi connectivity index (χ0v) is 12.8. The molecule has 104 valence electrons. The average molecular weight is 251 g/mol.